The molecule has 2 unspecified atom stereocenters. The van der Waals surface area contributed by atoms with Crippen LogP contribution in [0.5, 0.6) is 0 Å². The summed E-state index contributed by atoms with van der Waals surface area (Å²) in [6.45, 7) is 3.88. The first-order valence-electron chi connectivity index (χ1n) is 12.3. The molecule has 196 valence electrons. The molecular weight excluding hydrogens is 502 g/mol. The molecule has 4 heterocycles. The molecule has 11 heteroatoms. The lowest BCUT2D eigenvalue weighted by atomic mass is 9.88. The van der Waals surface area contributed by atoms with Crippen LogP contribution in [-0.4, -0.2) is 60.8 Å². The van der Waals surface area contributed by atoms with Crippen molar-refractivity contribution in [1.29, 1.82) is 0 Å². The number of nitrogens with two attached hydrogens (primary N) is 1. The van der Waals surface area contributed by atoms with Gasteiger partial charge in [-0.15, -0.1) is 11.3 Å². The molecule has 0 bridgehead atoms. The third-order valence-corrected chi connectivity index (χ3v) is 8.02. The van der Waals surface area contributed by atoms with E-state index in [-0.39, 0.29) is 12.5 Å². The van der Waals surface area contributed by atoms with E-state index in [1.807, 2.05) is 57.3 Å². The fourth-order valence-corrected chi connectivity index (χ4v) is 6.07. The van der Waals surface area contributed by atoms with Gasteiger partial charge in [-0.3, -0.25) is 14.3 Å². The van der Waals surface area contributed by atoms with Crippen molar-refractivity contribution in [1.82, 2.24) is 24.6 Å². The van der Waals surface area contributed by atoms with Crippen molar-refractivity contribution in [2.45, 2.75) is 32.2 Å². The average molecular weight is 532 g/mol. The summed E-state index contributed by atoms with van der Waals surface area (Å²) in [7, 11) is 1.82. The van der Waals surface area contributed by atoms with Crippen molar-refractivity contribution in [3.05, 3.63) is 75.9 Å². The predicted octanol–water partition coefficient (Wildman–Crippen LogP) is 2.93. The number of hydrogen-bond acceptors (Lipinski definition) is 8. The van der Waals surface area contributed by atoms with Crippen LogP contribution in [-0.2, 0) is 18.3 Å². The number of carbonyl (C=O) groups is 2. The number of aliphatic hydroxyl groups is 1. The van der Waals surface area contributed by atoms with E-state index in [4.69, 9.17) is 10.7 Å². The first-order chi connectivity index (χ1) is 18.3. The molecule has 2 atom stereocenters. The van der Waals surface area contributed by atoms with Gasteiger partial charge >= 0.3 is 0 Å². The Morgan fingerprint density at radius 3 is 2.76 bits per heavy atom. The number of amides is 2. The minimum absolute atomic E-state index is 0.274. The van der Waals surface area contributed by atoms with Gasteiger partial charge in [0.2, 0.25) is 11.9 Å². The van der Waals surface area contributed by atoms with Crippen molar-refractivity contribution < 1.29 is 14.7 Å². The van der Waals surface area contributed by atoms with E-state index >= 15 is 0 Å². The maximum absolute atomic E-state index is 13.7. The van der Waals surface area contributed by atoms with Gasteiger partial charge in [0, 0.05) is 43.1 Å². The van der Waals surface area contributed by atoms with Gasteiger partial charge in [-0.2, -0.15) is 5.10 Å². The zero-order valence-electron chi connectivity index (χ0n) is 21.4. The predicted molar refractivity (Wildman–Crippen MR) is 145 cm³/mol. The second-order valence-electron chi connectivity index (χ2n) is 9.44. The maximum Gasteiger partial charge on any atom is 0.255 e. The summed E-state index contributed by atoms with van der Waals surface area (Å²) in [6.07, 6.45) is 4.00. The number of anilines is 2. The second-order valence-corrected chi connectivity index (χ2v) is 10.6. The van der Waals surface area contributed by atoms with E-state index in [1.165, 1.54) is 16.2 Å². The number of rotatable bonds is 8. The Kier molecular flexibility index (Phi) is 6.96. The minimum atomic E-state index is -0.971. The Hall–Kier alpha value is -4.09. The third-order valence-electron chi connectivity index (χ3n) is 6.82. The lowest BCUT2D eigenvalue weighted by Gasteiger charge is -2.36. The largest absolute Gasteiger partial charge is 0.396 e. The van der Waals surface area contributed by atoms with Gasteiger partial charge < -0.3 is 21.1 Å². The SMILES string of the molecule is Cc1cccc(C(CO)C(C(N)=O)N2CCc3sc(-c4nc(Nc5ccnn5C)ncc4C)cc3C2=O)c1. The Bertz CT molecular complexity index is 1510. The van der Waals surface area contributed by atoms with Gasteiger partial charge in [0.15, 0.2) is 0 Å². The van der Waals surface area contributed by atoms with Crippen molar-refractivity contribution in [3.8, 4) is 10.6 Å². The molecule has 1 aliphatic rings. The van der Waals surface area contributed by atoms with Gasteiger partial charge in [-0.25, -0.2) is 9.97 Å². The highest BCUT2D eigenvalue weighted by Gasteiger charge is 2.39. The summed E-state index contributed by atoms with van der Waals surface area (Å²) in [5.74, 6) is -0.369. The molecule has 5 rings (SSSR count). The number of nitrogens with one attached hydrogen (secondary N) is 1. The topological polar surface area (TPSA) is 139 Å². The van der Waals surface area contributed by atoms with E-state index in [0.717, 1.165) is 38.0 Å². The van der Waals surface area contributed by atoms with Crippen LogP contribution in [0.15, 0.2) is 48.8 Å². The van der Waals surface area contributed by atoms with E-state index in [9.17, 15) is 14.7 Å². The molecule has 3 aromatic heterocycles. The van der Waals surface area contributed by atoms with Gasteiger partial charge in [0.25, 0.3) is 5.91 Å². The van der Waals surface area contributed by atoms with Gasteiger partial charge in [-0.1, -0.05) is 29.8 Å². The number of nitrogens with zero attached hydrogens (tertiary/aromatic N) is 5. The third kappa shape index (κ3) is 4.77. The minimum Gasteiger partial charge on any atom is -0.396 e. The molecule has 0 aliphatic carbocycles. The fourth-order valence-electron chi connectivity index (χ4n) is 4.88. The standard InChI is InChI=1S/C27H29N7O3S/c1-15-5-4-6-17(11-15)19(14-35)24(25(28)36)34-10-8-20-18(26(34)37)12-21(38-20)23-16(2)13-29-27(32-23)31-22-7-9-30-33(22)3/h4-7,9,11-13,19,24,35H,8,10,14H2,1-3H3,(H2,28,36)(H,29,31,32). The summed E-state index contributed by atoms with van der Waals surface area (Å²) in [6, 6.07) is 10.3. The van der Waals surface area contributed by atoms with Gasteiger partial charge in [0.1, 0.15) is 11.9 Å². The summed E-state index contributed by atoms with van der Waals surface area (Å²) in [5, 5.41) is 17.6. The van der Waals surface area contributed by atoms with Gasteiger partial charge in [-0.05, 0) is 31.0 Å². The number of carbonyl (C=O) groups excluding carboxylic acids is 2. The molecule has 0 radical (unpaired) electrons. The van der Waals surface area contributed by atoms with E-state index in [1.54, 1.807) is 17.1 Å². The Labute approximate surface area is 224 Å². The van der Waals surface area contributed by atoms with E-state index in [2.05, 4.69) is 15.4 Å². The molecule has 1 aliphatic heterocycles. The van der Waals surface area contributed by atoms with Crippen LogP contribution < -0.4 is 11.1 Å². The Morgan fingerprint density at radius 1 is 1.26 bits per heavy atom. The summed E-state index contributed by atoms with van der Waals surface area (Å²) < 4.78 is 1.69. The maximum atomic E-state index is 13.7. The number of fused-ring (bicyclic) bond motifs is 1. The second kappa shape index (κ2) is 10.3. The molecular formula is C27H29N7O3S. The first kappa shape index (κ1) is 25.6. The van der Waals surface area contributed by atoms with Crippen LogP contribution in [0.3, 0.4) is 0 Å². The monoisotopic (exact) mass is 531 g/mol. The summed E-state index contributed by atoms with van der Waals surface area (Å²) >= 11 is 1.51. The zero-order chi connectivity index (χ0) is 27.0. The van der Waals surface area contributed by atoms with E-state index in [0.29, 0.717) is 24.5 Å². The van der Waals surface area contributed by atoms with Crippen LogP contribution in [0, 0.1) is 13.8 Å². The number of aromatic nitrogens is 4. The normalized spacial score (nSPS) is 14.7. The van der Waals surface area contributed by atoms with Crippen LogP contribution in [0.25, 0.3) is 10.6 Å². The quantitative estimate of drug-likeness (QED) is 0.318. The van der Waals surface area contributed by atoms with Gasteiger partial charge in [0.05, 0.1) is 28.9 Å². The highest BCUT2D eigenvalue weighted by Crippen LogP contribution is 2.37. The molecule has 0 spiro atoms. The Balaban J connectivity index is 1.46. The lowest BCUT2D eigenvalue weighted by Crippen LogP contribution is -2.54. The zero-order valence-corrected chi connectivity index (χ0v) is 22.2. The molecule has 4 aromatic rings. The average Bonchev–Trinajstić information content (AvgIpc) is 3.50. The summed E-state index contributed by atoms with van der Waals surface area (Å²) in [5.41, 5.74) is 9.72. The highest BCUT2D eigenvalue weighted by atomic mass is 32.1. The molecule has 38 heavy (non-hydrogen) atoms. The number of benzene rings is 1. The first-order valence-corrected chi connectivity index (χ1v) is 13.1. The van der Waals surface area contributed by atoms with Crippen molar-refractivity contribution in [3.63, 3.8) is 0 Å². The highest BCUT2D eigenvalue weighted by molar-refractivity contribution is 7.15. The van der Waals surface area contributed by atoms with Crippen molar-refractivity contribution >= 4 is 34.9 Å². The van der Waals surface area contributed by atoms with Crippen LogP contribution >= 0.6 is 11.3 Å². The molecule has 4 N–H and O–H groups in total. The number of aryl methyl sites for hydroxylation is 3. The van der Waals surface area contributed by atoms with Crippen molar-refractivity contribution in [2.24, 2.45) is 12.8 Å². The smallest absolute Gasteiger partial charge is 0.255 e. The number of aliphatic hydroxyl groups excluding tert-OH is 1. The molecule has 0 saturated carbocycles. The number of primary amides is 1. The Morgan fingerprint density at radius 2 is 2.08 bits per heavy atom. The molecule has 0 saturated heterocycles. The molecule has 1 aromatic carbocycles. The number of thiophene rings is 1. The van der Waals surface area contributed by atoms with Crippen LogP contribution in [0.2, 0.25) is 0 Å². The molecule has 2 amide bonds. The number of hydrogen-bond donors (Lipinski definition) is 3. The summed E-state index contributed by atoms with van der Waals surface area (Å²) in [4.78, 5) is 38.8. The molecule has 10 nitrogen and oxygen atoms in total. The van der Waals surface area contributed by atoms with Crippen LogP contribution in [0.1, 0.15) is 37.8 Å². The molecule has 0 fully saturated rings. The lowest BCUT2D eigenvalue weighted by molar-refractivity contribution is -0.123. The van der Waals surface area contributed by atoms with Crippen molar-refractivity contribution in [2.75, 3.05) is 18.5 Å². The van der Waals surface area contributed by atoms with Crippen LogP contribution in [0.4, 0.5) is 11.8 Å². The fraction of sp³-hybridized carbons (Fsp3) is 0.296. The van der Waals surface area contributed by atoms with E-state index < -0.39 is 17.9 Å².